The van der Waals surface area contributed by atoms with E-state index < -0.39 is 12.1 Å². The summed E-state index contributed by atoms with van der Waals surface area (Å²) in [7, 11) is 0. The normalized spacial score (nSPS) is 15.2. The summed E-state index contributed by atoms with van der Waals surface area (Å²) in [5.74, 6) is -0.603. The summed E-state index contributed by atoms with van der Waals surface area (Å²) < 4.78 is 5.56. The van der Waals surface area contributed by atoms with Crippen molar-refractivity contribution in [3.63, 3.8) is 0 Å². The highest BCUT2D eigenvalue weighted by Crippen LogP contribution is 2.44. The number of hydrogen-bond acceptors (Lipinski definition) is 4. The summed E-state index contributed by atoms with van der Waals surface area (Å²) in [6.45, 7) is 2.89. The molecule has 34 heavy (non-hydrogen) atoms. The van der Waals surface area contributed by atoms with Crippen LogP contribution in [0.4, 0.5) is 4.79 Å². The van der Waals surface area contributed by atoms with Crippen LogP contribution in [0.2, 0.25) is 0 Å². The zero-order valence-electron chi connectivity index (χ0n) is 19.5. The molecule has 2 amide bonds. The average Bonchev–Trinajstić information content (AvgIpc) is 3.59. The number of carboxylic acids is 1. The minimum Gasteiger partial charge on any atom is -0.480 e. The molecule has 2 aliphatic carbocycles. The number of ether oxygens (including phenoxy) is 1. The second kappa shape index (κ2) is 10.7. The Morgan fingerprint density at radius 3 is 2.26 bits per heavy atom. The molecule has 180 valence electrons. The number of carbonyl (C=O) groups is 3. The number of rotatable bonds is 11. The lowest BCUT2D eigenvalue weighted by atomic mass is 9.98. The number of nitrogens with zero attached hydrogens (tertiary/aromatic N) is 1. The lowest BCUT2D eigenvalue weighted by molar-refractivity contribution is -0.144. The van der Waals surface area contributed by atoms with Gasteiger partial charge in [-0.05, 0) is 53.4 Å². The molecule has 2 N–H and O–H groups in total. The first-order valence-corrected chi connectivity index (χ1v) is 12.0. The molecular formula is C27H32N2O5. The number of nitrogens with one attached hydrogen (secondary N) is 1. The summed E-state index contributed by atoms with van der Waals surface area (Å²) in [5.41, 5.74) is 4.70. The maximum atomic E-state index is 12.5. The molecule has 1 saturated carbocycles. The number of fused-ring (bicyclic) bond motifs is 3. The van der Waals surface area contributed by atoms with E-state index in [2.05, 4.69) is 29.6 Å². The topological polar surface area (TPSA) is 95.9 Å². The van der Waals surface area contributed by atoms with Crippen molar-refractivity contribution in [2.24, 2.45) is 11.8 Å². The predicted octanol–water partition coefficient (Wildman–Crippen LogP) is 4.26. The molecule has 0 saturated heterocycles. The minimum atomic E-state index is -0.987. The molecule has 1 fully saturated rings. The van der Waals surface area contributed by atoms with Gasteiger partial charge in [0.25, 0.3) is 0 Å². The van der Waals surface area contributed by atoms with E-state index in [0.29, 0.717) is 25.4 Å². The van der Waals surface area contributed by atoms with Gasteiger partial charge in [0.1, 0.15) is 13.2 Å². The van der Waals surface area contributed by atoms with E-state index in [9.17, 15) is 14.4 Å². The van der Waals surface area contributed by atoms with Gasteiger partial charge < -0.3 is 20.1 Å². The van der Waals surface area contributed by atoms with E-state index in [-0.39, 0.29) is 37.3 Å². The second-order valence-electron chi connectivity index (χ2n) is 9.46. The minimum absolute atomic E-state index is 0.0138. The molecule has 0 aromatic heterocycles. The molecule has 7 nitrogen and oxygen atoms in total. The standard InChI is InChI=1S/C27H32N2O5/c1-18(10-13-25(30)29(16-26(31)32)15-19-11-12-19)14-28-27(33)34-17-24-22-8-4-2-6-20(22)21-7-3-5-9-23(21)24/h2-9,18-19,24H,10-17H2,1H3,(H,28,33)(H,31,32). The maximum Gasteiger partial charge on any atom is 0.407 e. The van der Waals surface area contributed by atoms with Gasteiger partial charge in [-0.2, -0.15) is 0 Å². The maximum absolute atomic E-state index is 12.5. The van der Waals surface area contributed by atoms with Gasteiger partial charge in [0.05, 0.1) is 0 Å². The van der Waals surface area contributed by atoms with Gasteiger partial charge in [-0.15, -0.1) is 0 Å². The lowest BCUT2D eigenvalue weighted by Crippen LogP contribution is -2.37. The van der Waals surface area contributed by atoms with Crippen LogP contribution in [0.3, 0.4) is 0 Å². The van der Waals surface area contributed by atoms with Crippen LogP contribution in [-0.2, 0) is 14.3 Å². The highest BCUT2D eigenvalue weighted by Gasteiger charge is 2.29. The predicted molar refractivity (Wildman–Crippen MR) is 128 cm³/mol. The highest BCUT2D eigenvalue weighted by molar-refractivity contribution is 5.81. The molecule has 2 aliphatic rings. The number of hydrogen-bond donors (Lipinski definition) is 2. The van der Waals surface area contributed by atoms with E-state index in [1.54, 1.807) is 0 Å². The first-order valence-electron chi connectivity index (χ1n) is 12.0. The smallest absolute Gasteiger partial charge is 0.407 e. The average molecular weight is 465 g/mol. The molecule has 0 heterocycles. The van der Waals surface area contributed by atoms with Crippen molar-refractivity contribution in [3.05, 3.63) is 59.7 Å². The van der Waals surface area contributed by atoms with Gasteiger partial charge in [-0.25, -0.2) is 4.79 Å². The molecule has 0 radical (unpaired) electrons. The zero-order chi connectivity index (χ0) is 24.1. The Morgan fingerprint density at radius 1 is 1.06 bits per heavy atom. The highest BCUT2D eigenvalue weighted by atomic mass is 16.5. The number of amides is 2. The van der Waals surface area contributed by atoms with Crippen molar-refractivity contribution in [2.75, 3.05) is 26.2 Å². The second-order valence-corrected chi connectivity index (χ2v) is 9.46. The van der Waals surface area contributed by atoms with Crippen LogP contribution in [0, 0.1) is 11.8 Å². The first kappa shape index (κ1) is 23.8. The quantitative estimate of drug-likeness (QED) is 0.518. The Morgan fingerprint density at radius 2 is 1.68 bits per heavy atom. The third kappa shape index (κ3) is 5.95. The summed E-state index contributed by atoms with van der Waals surface area (Å²) in [4.78, 5) is 37.4. The monoisotopic (exact) mass is 464 g/mol. The van der Waals surface area contributed by atoms with Crippen LogP contribution in [-0.4, -0.2) is 54.2 Å². The largest absolute Gasteiger partial charge is 0.480 e. The van der Waals surface area contributed by atoms with E-state index in [1.165, 1.54) is 27.2 Å². The fourth-order valence-electron chi connectivity index (χ4n) is 4.57. The van der Waals surface area contributed by atoms with Gasteiger partial charge in [0.2, 0.25) is 5.91 Å². The Labute approximate surface area is 200 Å². The summed E-state index contributed by atoms with van der Waals surface area (Å²) in [6.07, 6.45) is 2.49. The molecule has 0 bridgehead atoms. The van der Waals surface area contributed by atoms with Crippen molar-refractivity contribution in [3.8, 4) is 11.1 Å². The van der Waals surface area contributed by atoms with Crippen molar-refractivity contribution < 1.29 is 24.2 Å². The molecule has 2 aromatic carbocycles. The van der Waals surface area contributed by atoms with Gasteiger partial charge in [0.15, 0.2) is 0 Å². The van der Waals surface area contributed by atoms with Gasteiger partial charge in [-0.3, -0.25) is 9.59 Å². The number of carbonyl (C=O) groups excluding carboxylic acids is 2. The van der Waals surface area contributed by atoms with Crippen molar-refractivity contribution >= 4 is 18.0 Å². The van der Waals surface area contributed by atoms with Crippen LogP contribution >= 0.6 is 0 Å². The summed E-state index contributed by atoms with van der Waals surface area (Å²) in [6, 6.07) is 16.4. The molecule has 4 rings (SSSR count). The van der Waals surface area contributed by atoms with Crippen LogP contribution in [0.1, 0.15) is 49.7 Å². The summed E-state index contributed by atoms with van der Waals surface area (Å²) in [5, 5.41) is 11.9. The van der Waals surface area contributed by atoms with E-state index in [1.807, 2.05) is 31.2 Å². The molecular weight excluding hydrogens is 432 g/mol. The van der Waals surface area contributed by atoms with Crippen molar-refractivity contribution in [1.82, 2.24) is 10.2 Å². The lowest BCUT2D eigenvalue weighted by Gasteiger charge is -2.21. The molecule has 0 aliphatic heterocycles. The van der Waals surface area contributed by atoms with Crippen LogP contribution in [0.15, 0.2) is 48.5 Å². The number of aliphatic carboxylic acids is 1. The number of carboxylic acid groups (broad SMARTS) is 1. The van der Waals surface area contributed by atoms with Crippen molar-refractivity contribution in [1.29, 1.82) is 0 Å². The fourth-order valence-corrected chi connectivity index (χ4v) is 4.57. The van der Waals surface area contributed by atoms with E-state index >= 15 is 0 Å². The number of alkyl carbamates (subject to hydrolysis) is 1. The molecule has 1 unspecified atom stereocenters. The van der Waals surface area contributed by atoms with Gasteiger partial charge >= 0.3 is 12.1 Å². The Kier molecular flexibility index (Phi) is 7.50. The van der Waals surface area contributed by atoms with Crippen LogP contribution in [0.25, 0.3) is 11.1 Å². The fraction of sp³-hybridized carbons (Fsp3) is 0.444. The molecule has 0 spiro atoms. The van der Waals surface area contributed by atoms with E-state index in [0.717, 1.165) is 12.8 Å². The SMILES string of the molecule is CC(CCC(=O)N(CC(=O)O)CC1CC1)CNC(=O)OCC1c2ccccc2-c2ccccc21. The molecule has 7 heteroatoms. The Hall–Kier alpha value is -3.35. The Bertz CT molecular complexity index is 1000. The van der Waals surface area contributed by atoms with Gasteiger partial charge in [-0.1, -0.05) is 55.5 Å². The molecule has 2 aromatic rings. The van der Waals surface area contributed by atoms with E-state index in [4.69, 9.17) is 9.84 Å². The van der Waals surface area contributed by atoms with Gasteiger partial charge in [0, 0.05) is 25.4 Å². The zero-order valence-corrected chi connectivity index (χ0v) is 19.5. The summed E-state index contributed by atoms with van der Waals surface area (Å²) >= 11 is 0. The first-order chi connectivity index (χ1) is 16.4. The third-order valence-electron chi connectivity index (χ3n) is 6.64. The van der Waals surface area contributed by atoms with Crippen LogP contribution in [0.5, 0.6) is 0 Å². The van der Waals surface area contributed by atoms with Crippen molar-refractivity contribution in [2.45, 2.75) is 38.5 Å². The number of benzene rings is 2. The Balaban J connectivity index is 1.21. The van der Waals surface area contributed by atoms with Crippen LogP contribution < -0.4 is 5.32 Å². The molecule has 1 atom stereocenters. The third-order valence-corrected chi connectivity index (χ3v) is 6.64.